The number of nitrogens with zero attached hydrogens (tertiary/aromatic N) is 3. The standard InChI is InChI=1S/C28H36N4O/c1-33-25-9-5-8-24(18-25)26-19-30-28(23-10-14-29-15-11-23)31-27(26)22-12-16-32(17-13-22)20-21-6-3-2-4-7-21/h5,8-11,14,18-19,21-22,29H,2-4,6-7,12-13,15-17,20H2,1H3. The zero-order chi connectivity index (χ0) is 22.5. The molecule has 33 heavy (non-hydrogen) atoms. The Hall–Kier alpha value is -2.66. The molecule has 0 bridgehead atoms. The second kappa shape index (κ2) is 10.5. The van der Waals surface area contributed by atoms with Crippen molar-refractivity contribution in [3.05, 3.63) is 60.3 Å². The molecule has 5 rings (SSSR count). The molecular weight excluding hydrogens is 408 g/mol. The summed E-state index contributed by atoms with van der Waals surface area (Å²) in [4.78, 5) is 12.7. The second-order valence-electron chi connectivity index (χ2n) is 9.70. The minimum Gasteiger partial charge on any atom is -0.497 e. The van der Waals surface area contributed by atoms with Crippen molar-refractivity contribution in [3.8, 4) is 16.9 Å². The molecule has 2 aromatic rings. The van der Waals surface area contributed by atoms with Crippen molar-refractivity contribution in [1.82, 2.24) is 20.2 Å². The number of likely N-dealkylation sites (tertiary alicyclic amines) is 1. The maximum absolute atomic E-state index is 5.49. The topological polar surface area (TPSA) is 50.3 Å². The fraction of sp³-hybridized carbons (Fsp3) is 0.500. The van der Waals surface area contributed by atoms with E-state index in [0.717, 1.165) is 53.6 Å². The normalized spacial score (nSPS) is 20.3. The summed E-state index contributed by atoms with van der Waals surface area (Å²) in [5, 5.41) is 3.22. The Morgan fingerprint density at radius 2 is 1.94 bits per heavy atom. The number of ether oxygens (including phenoxy) is 1. The summed E-state index contributed by atoms with van der Waals surface area (Å²) in [5.74, 6) is 3.07. The molecule has 3 heterocycles. The molecule has 1 saturated carbocycles. The number of dihydropyridines is 1. The van der Waals surface area contributed by atoms with E-state index >= 15 is 0 Å². The molecular formula is C28H36N4O. The van der Waals surface area contributed by atoms with Gasteiger partial charge in [0.1, 0.15) is 5.75 Å². The van der Waals surface area contributed by atoms with E-state index in [1.54, 1.807) is 7.11 Å². The van der Waals surface area contributed by atoms with Gasteiger partial charge in [-0.1, -0.05) is 37.5 Å². The maximum atomic E-state index is 5.49. The average molecular weight is 445 g/mol. The Balaban J connectivity index is 1.39. The van der Waals surface area contributed by atoms with Crippen molar-refractivity contribution >= 4 is 5.57 Å². The minimum atomic E-state index is 0.460. The zero-order valence-corrected chi connectivity index (χ0v) is 19.8. The summed E-state index contributed by atoms with van der Waals surface area (Å²) in [6, 6.07) is 8.29. The Morgan fingerprint density at radius 1 is 1.09 bits per heavy atom. The number of piperidine rings is 1. The largest absolute Gasteiger partial charge is 0.497 e. The van der Waals surface area contributed by atoms with Crippen molar-refractivity contribution in [3.63, 3.8) is 0 Å². The molecule has 0 amide bonds. The lowest BCUT2D eigenvalue weighted by atomic mass is 9.86. The molecule has 0 spiro atoms. The molecule has 5 nitrogen and oxygen atoms in total. The molecule has 2 fully saturated rings. The summed E-state index contributed by atoms with van der Waals surface area (Å²) in [6.45, 7) is 4.45. The highest BCUT2D eigenvalue weighted by molar-refractivity contribution is 5.73. The molecule has 5 heteroatoms. The number of nitrogens with one attached hydrogen (secondary N) is 1. The molecule has 1 aromatic carbocycles. The third-order valence-electron chi connectivity index (χ3n) is 7.49. The second-order valence-corrected chi connectivity index (χ2v) is 9.70. The van der Waals surface area contributed by atoms with Crippen molar-refractivity contribution in [2.24, 2.45) is 5.92 Å². The Kier molecular flexibility index (Phi) is 7.06. The summed E-state index contributed by atoms with van der Waals surface area (Å²) in [7, 11) is 1.72. The van der Waals surface area contributed by atoms with E-state index in [0.29, 0.717) is 5.92 Å². The van der Waals surface area contributed by atoms with Crippen LogP contribution >= 0.6 is 0 Å². The molecule has 0 radical (unpaired) electrons. The first-order valence-electron chi connectivity index (χ1n) is 12.6. The number of hydrogen-bond acceptors (Lipinski definition) is 5. The molecule has 1 aliphatic carbocycles. The van der Waals surface area contributed by atoms with Crippen LogP contribution in [-0.2, 0) is 0 Å². The number of allylic oxidation sites excluding steroid dienone is 2. The van der Waals surface area contributed by atoms with Gasteiger partial charge in [0.15, 0.2) is 5.82 Å². The highest BCUT2D eigenvalue weighted by Crippen LogP contribution is 2.36. The van der Waals surface area contributed by atoms with Gasteiger partial charge in [-0.25, -0.2) is 9.97 Å². The highest BCUT2D eigenvalue weighted by atomic mass is 16.5. The summed E-state index contributed by atoms with van der Waals surface area (Å²) in [5.41, 5.74) is 4.57. The molecule has 1 saturated heterocycles. The van der Waals surface area contributed by atoms with Gasteiger partial charge in [-0.15, -0.1) is 0 Å². The Morgan fingerprint density at radius 3 is 2.70 bits per heavy atom. The Labute approximate surface area is 198 Å². The molecule has 1 N–H and O–H groups in total. The third-order valence-corrected chi connectivity index (χ3v) is 7.49. The zero-order valence-electron chi connectivity index (χ0n) is 19.8. The van der Waals surface area contributed by atoms with Gasteiger partial charge in [0.2, 0.25) is 0 Å². The van der Waals surface area contributed by atoms with Gasteiger partial charge in [0.25, 0.3) is 0 Å². The van der Waals surface area contributed by atoms with E-state index < -0.39 is 0 Å². The van der Waals surface area contributed by atoms with E-state index in [-0.39, 0.29) is 0 Å². The number of hydrogen-bond donors (Lipinski definition) is 1. The van der Waals surface area contributed by atoms with Crippen molar-refractivity contribution in [1.29, 1.82) is 0 Å². The van der Waals surface area contributed by atoms with Crippen LogP contribution < -0.4 is 10.1 Å². The highest BCUT2D eigenvalue weighted by Gasteiger charge is 2.27. The molecule has 174 valence electrons. The van der Waals surface area contributed by atoms with Gasteiger partial charge in [-0.05, 0) is 74.7 Å². The van der Waals surface area contributed by atoms with Crippen LogP contribution in [-0.4, -0.2) is 48.2 Å². The van der Waals surface area contributed by atoms with E-state index in [2.05, 4.69) is 40.6 Å². The van der Waals surface area contributed by atoms with Gasteiger partial charge in [0.05, 0.1) is 12.8 Å². The van der Waals surface area contributed by atoms with E-state index in [9.17, 15) is 0 Å². The summed E-state index contributed by atoms with van der Waals surface area (Å²) >= 11 is 0. The quantitative estimate of drug-likeness (QED) is 0.645. The monoisotopic (exact) mass is 444 g/mol. The van der Waals surface area contributed by atoms with Gasteiger partial charge < -0.3 is 15.0 Å². The first kappa shape index (κ1) is 22.1. The number of aromatic nitrogens is 2. The van der Waals surface area contributed by atoms with Crippen LogP contribution in [0.3, 0.4) is 0 Å². The molecule has 3 aliphatic rings. The van der Waals surface area contributed by atoms with Gasteiger partial charge in [-0.2, -0.15) is 0 Å². The predicted octanol–water partition coefficient (Wildman–Crippen LogP) is 5.41. The van der Waals surface area contributed by atoms with Crippen LogP contribution in [0.15, 0.2) is 48.8 Å². The number of benzene rings is 1. The van der Waals surface area contributed by atoms with Gasteiger partial charge in [-0.3, -0.25) is 0 Å². The van der Waals surface area contributed by atoms with Crippen molar-refractivity contribution in [2.45, 2.75) is 50.9 Å². The van der Waals surface area contributed by atoms with Crippen LogP contribution in [0, 0.1) is 5.92 Å². The first-order chi connectivity index (χ1) is 16.3. The average Bonchev–Trinajstić information content (AvgIpc) is 2.90. The first-order valence-corrected chi connectivity index (χ1v) is 12.6. The van der Waals surface area contributed by atoms with Gasteiger partial charge >= 0.3 is 0 Å². The lowest BCUT2D eigenvalue weighted by Crippen LogP contribution is -2.37. The molecule has 0 atom stereocenters. The fourth-order valence-electron chi connectivity index (χ4n) is 5.60. The molecule has 1 aromatic heterocycles. The van der Waals surface area contributed by atoms with Crippen molar-refractivity contribution in [2.75, 3.05) is 33.3 Å². The van der Waals surface area contributed by atoms with Crippen LogP contribution in [0.4, 0.5) is 0 Å². The Bertz CT molecular complexity index is 1000. The van der Waals surface area contributed by atoms with E-state index in [1.165, 1.54) is 57.4 Å². The van der Waals surface area contributed by atoms with E-state index in [4.69, 9.17) is 14.7 Å². The number of rotatable bonds is 6. The van der Waals surface area contributed by atoms with Crippen LogP contribution in [0.25, 0.3) is 16.7 Å². The minimum absolute atomic E-state index is 0.460. The molecule has 0 unspecified atom stereocenters. The molecule has 2 aliphatic heterocycles. The van der Waals surface area contributed by atoms with Crippen molar-refractivity contribution < 1.29 is 4.74 Å². The smallest absolute Gasteiger partial charge is 0.159 e. The fourth-order valence-corrected chi connectivity index (χ4v) is 5.60. The lowest BCUT2D eigenvalue weighted by Gasteiger charge is -2.35. The summed E-state index contributed by atoms with van der Waals surface area (Å²) < 4.78 is 5.49. The van der Waals surface area contributed by atoms with Gasteiger partial charge in [0, 0.05) is 36.3 Å². The maximum Gasteiger partial charge on any atom is 0.159 e. The lowest BCUT2D eigenvalue weighted by molar-refractivity contribution is 0.163. The van der Waals surface area contributed by atoms with E-state index in [1.807, 2.05) is 18.5 Å². The van der Waals surface area contributed by atoms with Crippen LogP contribution in [0.5, 0.6) is 5.75 Å². The van der Waals surface area contributed by atoms with Crippen LogP contribution in [0.1, 0.15) is 62.4 Å². The summed E-state index contributed by atoms with van der Waals surface area (Å²) in [6.07, 6.45) is 17.7. The third kappa shape index (κ3) is 5.30. The predicted molar refractivity (Wildman–Crippen MR) is 134 cm³/mol. The SMILES string of the molecule is COc1cccc(-c2cnc(C3=CCNC=C3)nc2C2CCN(CC3CCCCC3)CC2)c1. The van der Waals surface area contributed by atoms with Crippen LogP contribution in [0.2, 0.25) is 0 Å². The number of methoxy groups -OCH3 is 1.